The summed E-state index contributed by atoms with van der Waals surface area (Å²) < 4.78 is 5.60. The minimum atomic E-state index is -0.172. The van der Waals surface area contributed by atoms with Crippen LogP contribution in [0.5, 0.6) is 0 Å². The molecule has 0 spiro atoms. The maximum atomic E-state index is 12.7. The molecule has 4 heteroatoms. The molecule has 1 saturated heterocycles. The molecule has 1 aliphatic heterocycles. The summed E-state index contributed by atoms with van der Waals surface area (Å²) in [4.78, 5) is 17.3. The molecule has 2 aliphatic rings. The number of piperidine rings is 1. The molecule has 4 nitrogen and oxygen atoms in total. The van der Waals surface area contributed by atoms with E-state index in [0.29, 0.717) is 19.2 Å². The first-order valence-electron chi connectivity index (χ1n) is 13.6. The van der Waals surface area contributed by atoms with Crippen molar-refractivity contribution in [2.24, 2.45) is 11.8 Å². The van der Waals surface area contributed by atoms with Gasteiger partial charge in [0.05, 0.1) is 0 Å². The molecule has 1 saturated carbocycles. The lowest BCUT2D eigenvalue weighted by atomic mass is 9.96. The van der Waals surface area contributed by atoms with E-state index in [9.17, 15) is 4.79 Å². The van der Waals surface area contributed by atoms with Crippen LogP contribution >= 0.6 is 0 Å². The monoisotopic (exact) mass is 488 g/mol. The van der Waals surface area contributed by atoms with Gasteiger partial charge in [0.25, 0.3) is 0 Å². The second-order valence-electron chi connectivity index (χ2n) is 10.1. The molecule has 36 heavy (non-hydrogen) atoms. The quantitative estimate of drug-likeness (QED) is 0.352. The molecular formula is C32H44N2O2. The van der Waals surface area contributed by atoms with Crippen molar-refractivity contribution < 1.29 is 9.53 Å². The minimum absolute atomic E-state index is 0.172. The number of benzene rings is 2. The number of amides is 1. The van der Waals surface area contributed by atoms with Gasteiger partial charge < -0.3 is 14.5 Å². The zero-order valence-corrected chi connectivity index (χ0v) is 22.1. The third-order valence-corrected chi connectivity index (χ3v) is 7.48. The molecule has 1 unspecified atom stereocenters. The van der Waals surface area contributed by atoms with Gasteiger partial charge in [-0.15, -0.1) is 0 Å². The first-order valence-corrected chi connectivity index (χ1v) is 13.6. The van der Waals surface area contributed by atoms with Crippen LogP contribution in [0.1, 0.15) is 50.2 Å². The second kappa shape index (κ2) is 15.3. The Kier molecular flexibility index (Phi) is 11.8. The van der Waals surface area contributed by atoms with Gasteiger partial charge in [-0.2, -0.15) is 0 Å². The van der Waals surface area contributed by atoms with Crippen LogP contribution in [-0.2, 0) is 17.8 Å². The summed E-state index contributed by atoms with van der Waals surface area (Å²) in [5, 5.41) is 0. The van der Waals surface area contributed by atoms with Crippen molar-refractivity contribution in [1.29, 1.82) is 0 Å². The van der Waals surface area contributed by atoms with Crippen LogP contribution in [0.3, 0.4) is 0 Å². The van der Waals surface area contributed by atoms with E-state index in [-0.39, 0.29) is 6.09 Å². The summed E-state index contributed by atoms with van der Waals surface area (Å²) in [6.07, 6.45) is 10.5. The molecule has 0 N–H and O–H groups in total. The molecule has 0 radical (unpaired) electrons. The van der Waals surface area contributed by atoms with Crippen LogP contribution in [0.25, 0.3) is 0 Å². The number of ether oxygens (including phenoxy) is 1. The highest BCUT2D eigenvalue weighted by atomic mass is 16.6. The highest BCUT2D eigenvalue weighted by Crippen LogP contribution is 2.34. The summed E-state index contributed by atoms with van der Waals surface area (Å²) >= 11 is 0. The van der Waals surface area contributed by atoms with Gasteiger partial charge in [-0.25, -0.2) is 4.79 Å². The molecule has 194 valence electrons. The van der Waals surface area contributed by atoms with E-state index >= 15 is 0 Å². The molecule has 4 rings (SSSR count). The highest BCUT2D eigenvalue weighted by molar-refractivity contribution is 5.68. The largest absolute Gasteiger partial charge is 0.445 e. The number of hydrogen-bond donors (Lipinski definition) is 0. The van der Waals surface area contributed by atoms with Gasteiger partial charge in [0.2, 0.25) is 0 Å². The van der Waals surface area contributed by atoms with Gasteiger partial charge in [-0.05, 0) is 68.4 Å². The van der Waals surface area contributed by atoms with E-state index in [0.717, 1.165) is 43.3 Å². The first kappa shape index (κ1) is 27.7. The minimum Gasteiger partial charge on any atom is -0.445 e. The normalized spacial score (nSPS) is 20.1. The zero-order valence-electron chi connectivity index (χ0n) is 22.1. The number of carbonyl (C=O) groups excluding carboxylic acids is 1. The third-order valence-electron chi connectivity index (χ3n) is 7.48. The van der Waals surface area contributed by atoms with E-state index < -0.39 is 0 Å². The van der Waals surface area contributed by atoms with Gasteiger partial charge >= 0.3 is 6.09 Å². The van der Waals surface area contributed by atoms with Crippen LogP contribution in [0.15, 0.2) is 86.0 Å². The molecule has 2 atom stereocenters. The van der Waals surface area contributed by atoms with E-state index in [4.69, 9.17) is 4.74 Å². The number of nitrogens with zero attached hydrogens (tertiary/aromatic N) is 2. The lowest BCUT2D eigenvalue weighted by molar-refractivity contribution is 0.0606. The van der Waals surface area contributed by atoms with E-state index in [2.05, 4.69) is 55.3 Å². The maximum Gasteiger partial charge on any atom is 0.410 e. The molecular weight excluding hydrogens is 444 g/mol. The molecule has 2 fully saturated rings. The standard InChI is InChI=1S/C28H38N2O2.C4H6/c1-2-30(28(31)32-22-24-11-7-4-8-12-24)27-15-17-29(18-16-27)21-26-14-13-25(20-26)19-23-9-5-3-6-10-23;1-3-4-2/h3-12,25-27H,2,13-22H2,1H3;3-4H,1-2H2/t25?,26-;/m1./s1. The summed E-state index contributed by atoms with van der Waals surface area (Å²) in [6.45, 7) is 13.2. The predicted molar refractivity (Wildman–Crippen MR) is 150 cm³/mol. The Balaban J connectivity index is 0.000000840. The lowest BCUT2D eigenvalue weighted by Gasteiger charge is -2.38. The van der Waals surface area contributed by atoms with Crippen LogP contribution < -0.4 is 0 Å². The topological polar surface area (TPSA) is 32.8 Å². The Morgan fingerprint density at radius 3 is 2.08 bits per heavy atom. The van der Waals surface area contributed by atoms with E-state index in [1.165, 1.54) is 37.8 Å². The van der Waals surface area contributed by atoms with Crippen LogP contribution in [0.2, 0.25) is 0 Å². The summed E-state index contributed by atoms with van der Waals surface area (Å²) in [7, 11) is 0. The average Bonchev–Trinajstić information content (AvgIpc) is 3.36. The van der Waals surface area contributed by atoms with Gasteiger partial charge in [-0.1, -0.05) is 86.0 Å². The summed E-state index contributed by atoms with van der Waals surface area (Å²) in [5.41, 5.74) is 2.52. The molecule has 1 heterocycles. The molecule has 2 aromatic carbocycles. The fraction of sp³-hybridized carbons (Fsp3) is 0.469. The van der Waals surface area contributed by atoms with Gasteiger partial charge in [0.15, 0.2) is 0 Å². The second-order valence-corrected chi connectivity index (χ2v) is 10.1. The number of hydrogen-bond acceptors (Lipinski definition) is 3. The number of allylic oxidation sites excluding steroid dienone is 2. The Morgan fingerprint density at radius 1 is 0.917 bits per heavy atom. The number of likely N-dealkylation sites (tertiary alicyclic amines) is 1. The number of carbonyl (C=O) groups is 1. The smallest absolute Gasteiger partial charge is 0.410 e. The van der Waals surface area contributed by atoms with Gasteiger partial charge in [0.1, 0.15) is 6.61 Å². The van der Waals surface area contributed by atoms with Crippen molar-refractivity contribution >= 4 is 6.09 Å². The van der Waals surface area contributed by atoms with Crippen molar-refractivity contribution in [1.82, 2.24) is 9.80 Å². The van der Waals surface area contributed by atoms with E-state index in [1.807, 2.05) is 35.2 Å². The van der Waals surface area contributed by atoms with Crippen molar-refractivity contribution in [3.05, 3.63) is 97.1 Å². The van der Waals surface area contributed by atoms with Crippen LogP contribution in [-0.4, -0.2) is 48.1 Å². The van der Waals surface area contributed by atoms with Crippen LogP contribution in [0, 0.1) is 11.8 Å². The molecule has 1 aliphatic carbocycles. The maximum absolute atomic E-state index is 12.7. The Morgan fingerprint density at radius 2 is 1.50 bits per heavy atom. The Hall–Kier alpha value is -2.85. The molecule has 0 bridgehead atoms. The third kappa shape index (κ3) is 8.98. The number of rotatable bonds is 9. The summed E-state index contributed by atoms with van der Waals surface area (Å²) in [5.74, 6) is 1.67. The molecule has 0 aromatic heterocycles. The van der Waals surface area contributed by atoms with Crippen molar-refractivity contribution in [2.45, 2.75) is 58.1 Å². The van der Waals surface area contributed by atoms with Crippen molar-refractivity contribution in [3.63, 3.8) is 0 Å². The molecule has 2 aromatic rings. The SMILES string of the molecule is C=CC=C.CCN(C(=O)OCc1ccccc1)C1CCN(C[C@@H]2CCC(Cc3ccccc3)C2)CC1. The van der Waals surface area contributed by atoms with E-state index in [1.54, 1.807) is 12.2 Å². The fourth-order valence-corrected chi connectivity index (χ4v) is 5.59. The summed E-state index contributed by atoms with van der Waals surface area (Å²) in [6, 6.07) is 21.2. The van der Waals surface area contributed by atoms with Crippen molar-refractivity contribution in [2.75, 3.05) is 26.2 Å². The lowest BCUT2D eigenvalue weighted by Crippen LogP contribution is -2.48. The predicted octanol–water partition coefficient (Wildman–Crippen LogP) is 7.13. The first-order chi connectivity index (χ1) is 17.6. The van der Waals surface area contributed by atoms with Crippen molar-refractivity contribution in [3.8, 4) is 0 Å². The zero-order chi connectivity index (χ0) is 25.6. The van der Waals surface area contributed by atoms with Crippen LogP contribution in [0.4, 0.5) is 4.79 Å². The Labute approximate surface area is 218 Å². The fourth-order valence-electron chi connectivity index (χ4n) is 5.59. The molecule has 1 amide bonds. The Bertz CT molecular complexity index is 900. The highest BCUT2D eigenvalue weighted by Gasteiger charge is 2.31. The van der Waals surface area contributed by atoms with Gasteiger partial charge in [0, 0.05) is 32.2 Å². The average molecular weight is 489 g/mol. The van der Waals surface area contributed by atoms with Gasteiger partial charge in [-0.3, -0.25) is 0 Å².